The normalized spacial score (nSPS) is 10.3. The van der Waals surface area contributed by atoms with Gasteiger partial charge in [-0.05, 0) is 23.3 Å². The summed E-state index contributed by atoms with van der Waals surface area (Å²) in [4.78, 5) is 12.2. The van der Waals surface area contributed by atoms with E-state index in [4.69, 9.17) is 4.74 Å². The Morgan fingerprint density at radius 3 is 1.61 bits per heavy atom. The van der Waals surface area contributed by atoms with Gasteiger partial charge in [-0.25, -0.2) is 4.79 Å². The Morgan fingerprint density at radius 1 is 0.696 bits per heavy atom. The third-order valence-electron chi connectivity index (χ3n) is 3.45. The van der Waals surface area contributed by atoms with E-state index in [0.717, 1.165) is 11.1 Å². The van der Waals surface area contributed by atoms with Crippen molar-refractivity contribution >= 4 is 11.8 Å². The average Bonchev–Trinajstić information content (AvgIpc) is 2.62. The largest absolute Gasteiger partial charge is 0.436 e. The summed E-state index contributed by atoms with van der Waals surface area (Å²) in [7, 11) is 0. The van der Waals surface area contributed by atoms with Crippen LogP contribution in [-0.2, 0) is 4.74 Å². The van der Waals surface area contributed by atoms with Gasteiger partial charge in [-0.2, -0.15) is 0 Å². The first-order valence-corrected chi connectivity index (χ1v) is 7.45. The van der Waals surface area contributed by atoms with Crippen LogP contribution < -0.4 is 5.32 Å². The molecule has 0 unspecified atom stereocenters. The van der Waals surface area contributed by atoms with Crippen LogP contribution in [0.4, 0.5) is 10.5 Å². The smallest absolute Gasteiger partial charge is 0.412 e. The molecule has 114 valence electrons. The van der Waals surface area contributed by atoms with Crippen molar-refractivity contribution in [3.05, 3.63) is 102 Å². The zero-order valence-electron chi connectivity index (χ0n) is 12.6. The molecule has 0 radical (unpaired) electrons. The van der Waals surface area contributed by atoms with E-state index in [1.54, 1.807) is 0 Å². The third-order valence-corrected chi connectivity index (χ3v) is 3.45. The maximum absolute atomic E-state index is 12.2. The molecule has 3 aromatic carbocycles. The Labute approximate surface area is 135 Å². The number of ether oxygens (including phenoxy) is 1. The highest BCUT2D eigenvalue weighted by molar-refractivity contribution is 5.84. The molecule has 0 heterocycles. The lowest BCUT2D eigenvalue weighted by atomic mass is 10.0. The van der Waals surface area contributed by atoms with Crippen molar-refractivity contribution in [2.75, 3.05) is 5.32 Å². The highest BCUT2D eigenvalue weighted by Crippen LogP contribution is 2.26. The number of carbonyl (C=O) groups is 1. The van der Waals surface area contributed by atoms with Crippen molar-refractivity contribution in [2.45, 2.75) is 6.10 Å². The van der Waals surface area contributed by atoms with Gasteiger partial charge in [0, 0.05) is 5.69 Å². The summed E-state index contributed by atoms with van der Waals surface area (Å²) in [6.07, 6.45) is -0.921. The summed E-state index contributed by atoms with van der Waals surface area (Å²) in [5.41, 5.74) is 2.57. The molecule has 1 N–H and O–H groups in total. The van der Waals surface area contributed by atoms with Crippen molar-refractivity contribution in [2.24, 2.45) is 0 Å². The molecule has 0 aromatic heterocycles. The number of anilines is 1. The molecule has 0 saturated heterocycles. The summed E-state index contributed by atoms with van der Waals surface area (Å²) in [6, 6.07) is 28.7. The minimum absolute atomic E-state index is 0.443. The lowest BCUT2D eigenvalue weighted by Gasteiger charge is -2.19. The van der Waals surface area contributed by atoms with Crippen LogP contribution in [0.1, 0.15) is 17.2 Å². The van der Waals surface area contributed by atoms with Crippen LogP contribution in [0.15, 0.2) is 91.0 Å². The molecule has 23 heavy (non-hydrogen) atoms. The van der Waals surface area contributed by atoms with Gasteiger partial charge in [-0.3, -0.25) is 5.32 Å². The molecule has 3 heteroatoms. The van der Waals surface area contributed by atoms with Crippen LogP contribution in [0.3, 0.4) is 0 Å². The van der Waals surface area contributed by atoms with Gasteiger partial charge in [0.25, 0.3) is 0 Å². The monoisotopic (exact) mass is 303 g/mol. The number of hydrogen-bond donors (Lipinski definition) is 1. The Morgan fingerprint density at radius 2 is 1.13 bits per heavy atom. The molecular formula is C20H17NO2. The molecule has 0 atom stereocenters. The lowest BCUT2D eigenvalue weighted by molar-refractivity contribution is 0.131. The van der Waals surface area contributed by atoms with Crippen molar-refractivity contribution in [3.8, 4) is 0 Å². The van der Waals surface area contributed by atoms with E-state index in [-0.39, 0.29) is 0 Å². The molecule has 0 spiro atoms. The second kappa shape index (κ2) is 7.27. The van der Waals surface area contributed by atoms with Crippen molar-refractivity contribution in [1.82, 2.24) is 0 Å². The zero-order chi connectivity index (χ0) is 15.9. The number of amides is 1. The van der Waals surface area contributed by atoms with E-state index >= 15 is 0 Å². The van der Waals surface area contributed by atoms with Gasteiger partial charge < -0.3 is 4.74 Å². The summed E-state index contributed by atoms with van der Waals surface area (Å²) in [5.74, 6) is 0. The molecule has 0 bridgehead atoms. The molecule has 3 aromatic rings. The van der Waals surface area contributed by atoms with Crippen LogP contribution in [-0.4, -0.2) is 6.09 Å². The van der Waals surface area contributed by atoms with Gasteiger partial charge in [-0.1, -0.05) is 78.9 Å². The van der Waals surface area contributed by atoms with Crippen LogP contribution >= 0.6 is 0 Å². The Bertz CT molecular complexity index is 703. The summed E-state index contributed by atoms with van der Waals surface area (Å²) in [6.45, 7) is 0. The maximum Gasteiger partial charge on any atom is 0.412 e. The fourth-order valence-corrected chi connectivity index (χ4v) is 2.36. The second-order valence-electron chi connectivity index (χ2n) is 5.10. The van der Waals surface area contributed by atoms with Crippen LogP contribution in [0.25, 0.3) is 0 Å². The quantitative estimate of drug-likeness (QED) is 0.734. The second-order valence-corrected chi connectivity index (χ2v) is 5.10. The Hall–Kier alpha value is -3.07. The molecule has 0 fully saturated rings. The first kappa shape index (κ1) is 14.9. The molecule has 1 amide bonds. The standard InChI is InChI=1S/C20H17NO2/c22-20(21-18-14-8-3-9-15-18)23-19(16-10-4-1-5-11-16)17-12-6-2-7-13-17/h1-15,19H,(H,21,22). The molecule has 3 rings (SSSR count). The van der Waals surface area contributed by atoms with Gasteiger partial charge in [0.15, 0.2) is 6.10 Å². The predicted molar refractivity (Wildman–Crippen MR) is 91.3 cm³/mol. The SMILES string of the molecule is O=C(Nc1ccccc1)OC(c1ccccc1)c1ccccc1. The van der Waals surface area contributed by atoms with Crippen LogP contribution in [0.5, 0.6) is 0 Å². The molecule has 0 aliphatic heterocycles. The summed E-state index contributed by atoms with van der Waals surface area (Å²) >= 11 is 0. The zero-order valence-corrected chi connectivity index (χ0v) is 12.6. The van der Waals surface area contributed by atoms with E-state index in [1.807, 2.05) is 91.0 Å². The van der Waals surface area contributed by atoms with Crippen molar-refractivity contribution in [1.29, 1.82) is 0 Å². The van der Waals surface area contributed by atoms with E-state index in [0.29, 0.717) is 5.69 Å². The molecular weight excluding hydrogens is 286 g/mol. The number of carbonyl (C=O) groups excluding carboxylic acids is 1. The Balaban J connectivity index is 1.81. The fraction of sp³-hybridized carbons (Fsp3) is 0.0500. The van der Waals surface area contributed by atoms with Crippen LogP contribution in [0.2, 0.25) is 0 Å². The van der Waals surface area contributed by atoms with Gasteiger partial charge >= 0.3 is 6.09 Å². The lowest BCUT2D eigenvalue weighted by Crippen LogP contribution is -2.18. The van der Waals surface area contributed by atoms with E-state index < -0.39 is 12.2 Å². The fourth-order valence-electron chi connectivity index (χ4n) is 2.36. The van der Waals surface area contributed by atoms with Gasteiger partial charge in [0.1, 0.15) is 0 Å². The number of rotatable bonds is 4. The first-order valence-electron chi connectivity index (χ1n) is 7.45. The molecule has 0 aliphatic carbocycles. The molecule has 0 aliphatic rings. The number of hydrogen-bond acceptors (Lipinski definition) is 2. The third kappa shape index (κ3) is 3.98. The minimum atomic E-state index is -0.478. The summed E-state index contributed by atoms with van der Waals surface area (Å²) < 4.78 is 5.68. The minimum Gasteiger partial charge on any atom is -0.436 e. The summed E-state index contributed by atoms with van der Waals surface area (Å²) in [5, 5.41) is 2.75. The Kier molecular flexibility index (Phi) is 4.69. The first-order chi connectivity index (χ1) is 11.3. The molecule has 0 saturated carbocycles. The van der Waals surface area contributed by atoms with Gasteiger partial charge in [0.05, 0.1) is 0 Å². The van der Waals surface area contributed by atoms with E-state index in [2.05, 4.69) is 5.32 Å². The highest BCUT2D eigenvalue weighted by Gasteiger charge is 2.18. The molecule has 3 nitrogen and oxygen atoms in total. The number of benzene rings is 3. The van der Waals surface area contributed by atoms with E-state index in [9.17, 15) is 4.79 Å². The predicted octanol–water partition coefficient (Wildman–Crippen LogP) is 5.02. The maximum atomic E-state index is 12.2. The van der Waals surface area contributed by atoms with E-state index in [1.165, 1.54) is 0 Å². The highest BCUT2D eigenvalue weighted by atomic mass is 16.6. The van der Waals surface area contributed by atoms with Crippen molar-refractivity contribution in [3.63, 3.8) is 0 Å². The number of nitrogens with one attached hydrogen (secondary N) is 1. The number of para-hydroxylation sites is 1. The van der Waals surface area contributed by atoms with Gasteiger partial charge in [-0.15, -0.1) is 0 Å². The average molecular weight is 303 g/mol. The van der Waals surface area contributed by atoms with Crippen molar-refractivity contribution < 1.29 is 9.53 Å². The topological polar surface area (TPSA) is 38.3 Å². The van der Waals surface area contributed by atoms with Crippen LogP contribution in [0, 0.1) is 0 Å². The van der Waals surface area contributed by atoms with Gasteiger partial charge in [0.2, 0.25) is 0 Å².